The first-order chi connectivity index (χ1) is 15.5. The predicted molar refractivity (Wildman–Crippen MR) is 106 cm³/mol. The summed E-state index contributed by atoms with van der Waals surface area (Å²) in [7, 11) is 0. The molecule has 0 N–H and O–H groups in total. The molecule has 33 heavy (non-hydrogen) atoms. The van der Waals surface area contributed by atoms with Gasteiger partial charge in [0, 0.05) is 39.8 Å². The Kier molecular flexibility index (Phi) is 8.68. The van der Waals surface area contributed by atoms with Crippen molar-refractivity contribution in [2.45, 2.75) is 58.4 Å². The number of nitrogens with zero attached hydrogens (tertiary/aromatic N) is 1. The first-order valence-corrected chi connectivity index (χ1v) is 9.69. The van der Waals surface area contributed by atoms with Gasteiger partial charge in [0.2, 0.25) is 12.4 Å². The molecule has 180 valence electrons. The van der Waals surface area contributed by atoms with E-state index >= 15 is 0 Å². The number of ether oxygens (including phenoxy) is 6. The molecule has 0 radical (unpaired) electrons. The first-order valence-electron chi connectivity index (χ1n) is 9.69. The minimum absolute atomic E-state index is 0.0986. The van der Waals surface area contributed by atoms with Crippen LogP contribution in [0.3, 0.4) is 0 Å². The van der Waals surface area contributed by atoms with Crippen LogP contribution in [0, 0.1) is 10.1 Å². The van der Waals surface area contributed by atoms with Crippen molar-refractivity contribution in [1.29, 1.82) is 0 Å². The van der Waals surface area contributed by atoms with Gasteiger partial charge in [0.15, 0.2) is 12.2 Å². The van der Waals surface area contributed by atoms with Crippen molar-refractivity contribution in [3.63, 3.8) is 0 Å². The number of non-ortho nitro benzene ring substituents is 1. The highest BCUT2D eigenvalue weighted by Gasteiger charge is 2.53. The Morgan fingerprint density at radius 3 is 1.85 bits per heavy atom. The Hall–Kier alpha value is -3.74. The second-order valence-electron chi connectivity index (χ2n) is 6.94. The molecule has 0 unspecified atom stereocenters. The van der Waals surface area contributed by atoms with E-state index in [9.17, 15) is 29.3 Å². The van der Waals surface area contributed by atoms with E-state index in [1.165, 1.54) is 24.3 Å². The number of rotatable bonds is 8. The highest BCUT2D eigenvalue weighted by Crippen LogP contribution is 2.31. The van der Waals surface area contributed by atoms with E-state index in [1.807, 2.05) is 0 Å². The fourth-order valence-electron chi connectivity index (χ4n) is 3.06. The zero-order valence-electron chi connectivity index (χ0n) is 18.2. The van der Waals surface area contributed by atoms with Crippen LogP contribution in [-0.4, -0.2) is 66.1 Å². The maximum atomic E-state index is 11.8. The maximum Gasteiger partial charge on any atom is 0.303 e. The van der Waals surface area contributed by atoms with Gasteiger partial charge in [-0.1, -0.05) is 0 Å². The van der Waals surface area contributed by atoms with Crippen LogP contribution in [-0.2, 0) is 42.9 Å². The van der Waals surface area contributed by atoms with Crippen molar-refractivity contribution >= 4 is 29.6 Å². The fourth-order valence-corrected chi connectivity index (χ4v) is 3.06. The Balaban J connectivity index is 2.43. The SMILES string of the molecule is CC(=O)OC[C@H]1O[C@@H](Oc2ccc([N+](=O)[O-])cc2)[C@H](OC(C)=O)[C@@H](OC(C)=O)[C@@H]1OC(C)=O. The van der Waals surface area contributed by atoms with E-state index in [-0.39, 0.29) is 11.4 Å². The summed E-state index contributed by atoms with van der Waals surface area (Å²) in [5, 5.41) is 10.9. The summed E-state index contributed by atoms with van der Waals surface area (Å²) >= 11 is 0. The minimum Gasteiger partial charge on any atom is -0.463 e. The van der Waals surface area contributed by atoms with Gasteiger partial charge in [0.05, 0.1) is 4.92 Å². The van der Waals surface area contributed by atoms with Gasteiger partial charge in [-0.15, -0.1) is 0 Å². The number of nitro benzene ring substituents is 1. The Labute approximate surface area is 188 Å². The topological polar surface area (TPSA) is 167 Å². The van der Waals surface area contributed by atoms with Crippen molar-refractivity contribution in [3.8, 4) is 5.75 Å². The summed E-state index contributed by atoms with van der Waals surface area (Å²) < 4.78 is 32.3. The third-order valence-corrected chi connectivity index (χ3v) is 4.25. The second kappa shape index (κ2) is 11.2. The van der Waals surface area contributed by atoms with Crippen molar-refractivity contribution in [2.24, 2.45) is 0 Å². The molecule has 1 fully saturated rings. The van der Waals surface area contributed by atoms with E-state index < -0.39 is 66.1 Å². The summed E-state index contributed by atoms with van der Waals surface area (Å²) in [6, 6.07) is 4.93. The van der Waals surface area contributed by atoms with Gasteiger partial charge in [0.1, 0.15) is 18.5 Å². The number of carbonyl (C=O) groups excluding carboxylic acids is 4. The minimum atomic E-state index is -1.42. The van der Waals surface area contributed by atoms with Crippen LogP contribution in [0.5, 0.6) is 5.75 Å². The van der Waals surface area contributed by atoms with Crippen LogP contribution in [0.15, 0.2) is 24.3 Å². The molecule has 1 heterocycles. The third kappa shape index (κ3) is 7.42. The van der Waals surface area contributed by atoms with Gasteiger partial charge in [0.25, 0.3) is 5.69 Å². The standard InChI is InChI=1S/C20H23NO12/c1-10(22)28-9-16-17(29-11(2)23)18(30-12(3)24)19(31-13(4)25)20(33-16)32-15-7-5-14(6-8-15)21(26)27/h5-8,16-20H,9H2,1-4H3/t16-,17-,18+,19-,20-/m1/s1. The smallest absolute Gasteiger partial charge is 0.303 e. The van der Waals surface area contributed by atoms with Crippen molar-refractivity contribution in [2.75, 3.05) is 6.61 Å². The molecule has 1 aromatic rings. The molecule has 0 spiro atoms. The average molecular weight is 469 g/mol. The van der Waals surface area contributed by atoms with E-state index in [4.69, 9.17) is 28.4 Å². The molecule has 13 nitrogen and oxygen atoms in total. The molecule has 1 aliphatic rings. The first kappa shape index (κ1) is 25.5. The molecule has 1 saturated heterocycles. The van der Waals surface area contributed by atoms with E-state index in [0.717, 1.165) is 27.7 Å². The lowest BCUT2D eigenvalue weighted by Gasteiger charge is -2.43. The monoisotopic (exact) mass is 469 g/mol. The predicted octanol–water partition coefficient (Wildman–Crippen LogP) is 1.06. The molecule has 0 bridgehead atoms. The highest BCUT2D eigenvalue weighted by atomic mass is 16.7. The Morgan fingerprint density at radius 2 is 1.36 bits per heavy atom. The Bertz CT molecular complexity index is 899. The van der Waals surface area contributed by atoms with E-state index in [0.29, 0.717) is 0 Å². The lowest BCUT2D eigenvalue weighted by atomic mass is 9.98. The van der Waals surface area contributed by atoms with E-state index in [2.05, 4.69) is 0 Å². The fraction of sp³-hybridized carbons (Fsp3) is 0.500. The van der Waals surface area contributed by atoms with Gasteiger partial charge in [-0.05, 0) is 12.1 Å². The number of carbonyl (C=O) groups is 4. The van der Waals surface area contributed by atoms with Crippen LogP contribution < -0.4 is 4.74 Å². The molecule has 0 saturated carbocycles. The summed E-state index contributed by atoms with van der Waals surface area (Å²) in [6.45, 7) is 4.05. The number of esters is 4. The second-order valence-corrected chi connectivity index (χ2v) is 6.94. The summed E-state index contributed by atoms with van der Waals surface area (Å²) in [5.74, 6) is -2.87. The van der Waals surface area contributed by atoms with E-state index in [1.54, 1.807) is 0 Å². The number of nitro groups is 1. The zero-order chi connectivity index (χ0) is 24.7. The van der Waals surface area contributed by atoms with Gasteiger partial charge in [-0.3, -0.25) is 29.3 Å². The molecule has 1 aromatic carbocycles. The summed E-state index contributed by atoms with van der Waals surface area (Å²) in [5.41, 5.74) is -0.191. The van der Waals surface area contributed by atoms with Crippen LogP contribution in [0.1, 0.15) is 27.7 Å². The number of hydrogen-bond donors (Lipinski definition) is 0. The van der Waals surface area contributed by atoms with Gasteiger partial charge in [-0.25, -0.2) is 0 Å². The summed E-state index contributed by atoms with van der Waals surface area (Å²) in [4.78, 5) is 56.8. The lowest BCUT2D eigenvalue weighted by Crippen LogP contribution is -2.63. The Morgan fingerprint density at radius 1 is 0.848 bits per heavy atom. The molecule has 0 aliphatic carbocycles. The van der Waals surface area contributed by atoms with Crippen molar-refractivity contribution in [3.05, 3.63) is 34.4 Å². The van der Waals surface area contributed by atoms with Gasteiger partial charge < -0.3 is 28.4 Å². The highest BCUT2D eigenvalue weighted by molar-refractivity contribution is 5.68. The summed E-state index contributed by atoms with van der Waals surface area (Å²) in [6.07, 6.45) is -6.69. The van der Waals surface area contributed by atoms with Gasteiger partial charge >= 0.3 is 23.9 Å². The normalized spacial score (nSPS) is 24.2. The number of benzene rings is 1. The largest absolute Gasteiger partial charge is 0.463 e. The third-order valence-electron chi connectivity index (χ3n) is 4.25. The number of hydrogen-bond acceptors (Lipinski definition) is 12. The lowest BCUT2D eigenvalue weighted by molar-refractivity contribution is -0.384. The molecule has 0 aromatic heterocycles. The van der Waals surface area contributed by atoms with Crippen molar-refractivity contribution in [1.82, 2.24) is 0 Å². The molecule has 2 rings (SSSR count). The average Bonchev–Trinajstić information content (AvgIpc) is 2.70. The van der Waals surface area contributed by atoms with Crippen LogP contribution in [0.2, 0.25) is 0 Å². The molecule has 0 amide bonds. The van der Waals surface area contributed by atoms with Crippen LogP contribution in [0.25, 0.3) is 0 Å². The van der Waals surface area contributed by atoms with Gasteiger partial charge in [-0.2, -0.15) is 0 Å². The molecule has 1 aliphatic heterocycles. The van der Waals surface area contributed by atoms with Crippen LogP contribution >= 0.6 is 0 Å². The molecular formula is C20H23NO12. The molecule has 5 atom stereocenters. The molecular weight excluding hydrogens is 446 g/mol. The van der Waals surface area contributed by atoms with Crippen molar-refractivity contribution < 1.29 is 52.5 Å². The maximum absolute atomic E-state index is 11.8. The molecule has 13 heteroatoms. The zero-order valence-corrected chi connectivity index (χ0v) is 18.2. The quantitative estimate of drug-likeness (QED) is 0.230. The van der Waals surface area contributed by atoms with Crippen LogP contribution in [0.4, 0.5) is 5.69 Å².